The molecule has 0 aliphatic carbocycles. The molecule has 6 heteroatoms. The molecule has 0 unspecified atom stereocenters. The first-order valence-electron chi connectivity index (χ1n) is 5.86. The highest BCUT2D eigenvalue weighted by molar-refractivity contribution is 5.58. The number of pyridine rings is 1. The predicted octanol–water partition coefficient (Wildman–Crippen LogP) is 3.68. The molecule has 0 N–H and O–H groups in total. The van der Waals surface area contributed by atoms with Crippen molar-refractivity contribution in [2.75, 3.05) is 0 Å². The van der Waals surface area contributed by atoms with Crippen LogP contribution in [0.3, 0.4) is 0 Å². The normalized spacial score (nSPS) is 11.4. The van der Waals surface area contributed by atoms with Gasteiger partial charge in [-0.25, -0.2) is 4.98 Å². The maximum atomic E-state index is 12.9. The molecule has 2 aromatic heterocycles. The number of hydrogen-bond donors (Lipinski definition) is 0. The maximum absolute atomic E-state index is 12.9. The van der Waals surface area contributed by atoms with Crippen molar-refractivity contribution in [2.24, 2.45) is 0 Å². The topological polar surface area (TPSA) is 38.7 Å². The smallest absolute Gasteiger partial charge is 0.260 e. The summed E-state index contributed by atoms with van der Waals surface area (Å²) in [6, 6.07) is 2.23. The van der Waals surface area contributed by atoms with Crippen LogP contribution in [0.15, 0.2) is 42.9 Å². The van der Waals surface area contributed by atoms with Crippen LogP contribution >= 0.6 is 0 Å². The maximum Gasteiger partial charge on any atom is 0.418 e. The van der Waals surface area contributed by atoms with E-state index in [0.29, 0.717) is 12.1 Å². The van der Waals surface area contributed by atoms with E-state index in [1.54, 1.807) is 0 Å². The summed E-state index contributed by atoms with van der Waals surface area (Å²) in [7, 11) is 0. The number of hydrogen-bond acceptors (Lipinski definition) is 3. The molecular weight excluding hydrogens is 267 g/mol. The van der Waals surface area contributed by atoms with Crippen molar-refractivity contribution in [1.82, 2.24) is 15.0 Å². The highest BCUT2D eigenvalue weighted by Crippen LogP contribution is 2.34. The first kappa shape index (κ1) is 14.2. The van der Waals surface area contributed by atoms with Crippen LogP contribution in [-0.4, -0.2) is 15.0 Å². The zero-order valence-corrected chi connectivity index (χ0v) is 10.8. The Hall–Kier alpha value is -2.24. The third-order valence-electron chi connectivity index (χ3n) is 2.52. The summed E-state index contributed by atoms with van der Waals surface area (Å²) in [6.45, 7) is 5.56. The van der Waals surface area contributed by atoms with Gasteiger partial charge in [0.1, 0.15) is 11.4 Å². The minimum absolute atomic E-state index is 0.108. The Labute approximate surface area is 114 Å². The van der Waals surface area contributed by atoms with Crippen molar-refractivity contribution in [1.29, 1.82) is 0 Å². The average molecular weight is 279 g/mol. The molecule has 0 aliphatic rings. The molecule has 0 fully saturated rings. The minimum atomic E-state index is -4.48. The molecule has 3 nitrogen and oxygen atoms in total. The van der Waals surface area contributed by atoms with Crippen LogP contribution in [0.25, 0.3) is 11.4 Å². The number of allylic oxidation sites excluding steroid dienone is 1. The van der Waals surface area contributed by atoms with Crippen LogP contribution < -0.4 is 0 Å². The van der Waals surface area contributed by atoms with Crippen LogP contribution in [0.1, 0.15) is 18.2 Å². The van der Waals surface area contributed by atoms with Crippen molar-refractivity contribution in [3.63, 3.8) is 0 Å². The summed E-state index contributed by atoms with van der Waals surface area (Å²) < 4.78 is 38.8. The molecule has 104 valence electrons. The molecule has 20 heavy (non-hydrogen) atoms. The van der Waals surface area contributed by atoms with Gasteiger partial charge in [-0.3, -0.25) is 9.97 Å². The van der Waals surface area contributed by atoms with Crippen LogP contribution in [0.5, 0.6) is 0 Å². The second-order valence-electron chi connectivity index (χ2n) is 4.43. The fraction of sp³-hybridized carbons (Fsp3) is 0.214. The van der Waals surface area contributed by atoms with Gasteiger partial charge in [-0.2, -0.15) is 13.2 Å². The van der Waals surface area contributed by atoms with Gasteiger partial charge in [0, 0.05) is 18.8 Å². The van der Waals surface area contributed by atoms with Crippen molar-refractivity contribution >= 4 is 0 Å². The summed E-state index contributed by atoms with van der Waals surface area (Å²) in [4.78, 5) is 11.9. The van der Waals surface area contributed by atoms with Gasteiger partial charge in [0.25, 0.3) is 0 Å². The van der Waals surface area contributed by atoms with Crippen molar-refractivity contribution in [3.8, 4) is 11.4 Å². The molecule has 0 spiro atoms. The van der Waals surface area contributed by atoms with Gasteiger partial charge in [-0.15, -0.1) is 0 Å². The second-order valence-corrected chi connectivity index (χ2v) is 4.43. The quantitative estimate of drug-likeness (QED) is 0.804. The average Bonchev–Trinajstić information content (AvgIpc) is 2.37. The van der Waals surface area contributed by atoms with E-state index in [9.17, 15) is 13.2 Å². The molecular formula is C14H12F3N3. The van der Waals surface area contributed by atoms with E-state index in [2.05, 4.69) is 21.5 Å². The van der Waals surface area contributed by atoms with Crippen molar-refractivity contribution < 1.29 is 13.2 Å². The van der Waals surface area contributed by atoms with Crippen molar-refractivity contribution in [2.45, 2.75) is 19.5 Å². The highest BCUT2D eigenvalue weighted by Gasteiger charge is 2.34. The molecule has 0 radical (unpaired) electrons. The van der Waals surface area contributed by atoms with Gasteiger partial charge >= 0.3 is 6.18 Å². The fourth-order valence-electron chi connectivity index (χ4n) is 1.75. The third kappa shape index (κ3) is 3.20. The number of nitrogens with zero attached hydrogens (tertiary/aromatic N) is 3. The largest absolute Gasteiger partial charge is 0.418 e. The van der Waals surface area contributed by atoms with Crippen LogP contribution in [0.2, 0.25) is 0 Å². The summed E-state index contributed by atoms with van der Waals surface area (Å²) in [6.07, 6.45) is 0.0796. The Balaban J connectivity index is 2.49. The Bertz CT molecular complexity index is 636. The zero-order chi connectivity index (χ0) is 14.8. The molecule has 0 amide bonds. The van der Waals surface area contributed by atoms with E-state index < -0.39 is 11.7 Å². The monoisotopic (exact) mass is 279 g/mol. The van der Waals surface area contributed by atoms with Crippen LogP contribution in [0.4, 0.5) is 13.2 Å². The summed E-state index contributed by atoms with van der Waals surface area (Å²) in [5.74, 6) is 0. The number of aromatic nitrogens is 3. The van der Waals surface area contributed by atoms with Gasteiger partial charge in [0.15, 0.2) is 0 Å². The summed E-state index contributed by atoms with van der Waals surface area (Å²) >= 11 is 0. The lowest BCUT2D eigenvalue weighted by molar-refractivity contribution is -0.137. The number of rotatable bonds is 3. The third-order valence-corrected chi connectivity index (χ3v) is 2.52. The fourth-order valence-corrected chi connectivity index (χ4v) is 1.75. The van der Waals surface area contributed by atoms with E-state index in [4.69, 9.17) is 0 Å². The molecule has 2 aromatic rings. The van der Waals surface area contributed by atoms with E-state index in [-0.39, 0.29) is 11.4 Å². The zero-order valence-electron chi connectivity index (χ0n) is 10.8. The van der Waals surface area contributed by atoms with Gasteiger partial charge in [-0.1, -0.05) is 12.2 Å². The first-order chi connectivity index (χ1) is 9.38. The molecule has 0 saturated carbocycles. The number of alkyl halides is 3. The van der Waals surface area contributed by atoms with Crippen LogP contribution in [0, 0.1) is 0 Å². The Morgan fingerprint density at radius 2 is 2.05 bits per heavy atom. The standard InChI is InChI=1S/C14H12F3N3/c1-9(2)6-10-7-18-8-12(20-10)13-11(14(15,16)17)4-3-5-19-13/h3-5,7-8H,1,6H2,2H3. The van der Waals surface area contributed by atoms with Gasteiger partial charge < -0.3 is 0 Å². The molecule has 2 rings (SSSR count). The molecule has 0 bridgehead atoms. The summed E-state index contributed by atoms with van der Waals surface area (Å²) in [5.41, 5.74) is 0.497. The SMILES string of the molecule is C=C(C)Cc1cncc(-c2ncccc2C(F)(F)F)n1. The molecule has 0 saturated heterocycles. The second kappa shape index (κ2) is 5.40. The van der Waals surface area contributed by atoms with Gasteiger partial charge in [0.05, 0.1) is 17.5 Å². The lowest BCUT2D eigenvalue weighted by Gasteiger charge is -2.11. The highest BCUT2D eigenvalue weighted by atomic mass is 19.4. The van der Waals surface area contributed by atoms with E-state index in [1.807, 2.05) is 6.92 Å². The van der Waals surface area contributed by atoms with Gasteiger partial charge in [0.2, 0.25) is 0 Å². The Morgan fingerprint density at radius 1 is 1.30 bits per heavy atom. The molecule has 2 heterocycles. The summed E-state index contributed by atoms with van der Waals surface area (Å²) in [5, 5.41) is 0. The predicted molar refractivity (Wildman–Crippen MR) is 68.8 cm³/mol. The van der Waals surface area contributed by atoms with Gasteiger partial charge in [-0.05, 0) is 19.1 Å². The lowest BCUT2D eigenvalue weighted by Crippen LogP contribution is -2.09. The Kier molecular flexibility index (Phi) is 3.83. The number of halogens is 3. The molecule has 0 atom stereocenters. The minimum Gasteiger partial charge on any atom is -0.260 e. The molecule has 0 aromatic carbocycles. The first-order valence-corrected chi connectivity index (χ1v) is 5.86. The van der Waals surface area contributed by atoms with E-state index in [1.165, 1.54) is 24.7 Å². The van der Waals surface area contributed by atoms with E-state index in [0.717, 1.165) is 11.6 Å². The van der Waals surface area contributed by atoms with E-state index >= 15 is 0 Å². The molecule has 0 aliphatic heterocycles. The lowest BCUT2D eigenvalue weighted by atomic mass is 10.1. The Morgan fingerprint density at radius 3 is 2.70 bits per heavy atom. The van der Waals surface area contributed by atoms with Crippen molar-refractivity contribution in [3.05, 3.63) is 54.1 Å². The van der Waals surface area contributed by atoms with Crippen LogP contribution in [-0.2, 0) is 12.6 Å².